The van der Waals surface area contributed by atoms with Gasteiger partial charge >= 0.3 is 0 Å². The normalized spacial score (nSPS) is 11.8. The first-order valence-electron chi connectivity index (χ1n) is 7.48. The van der Waals surface area contributed by atoms with E-state index in [2.05, 4.69) is 21.2 Å². The smallest absolute Gasteiger partial charge is 0.255 e. The van der Waals surface area contributed by atoms with Crippen LogP contribution in [-0.4, -0.2) is 11.7 Å². The van der Waals surface area contributed by atoms with Crippen molar-refractivity contribution in [3.63, 3.8) is 0 Å². The van der Waals surface area contributed by atoms with E-state index in [9.17, 15) is 9.59 Å². The molecule has 1 aliphatic rings. The van der Waals surface area contributed by atoms with Gasteiger partial charge in [-0.25, -0.2) is 0 Å². The zero-order valence-corrected chi connectivity index (χ0v) is 14.1. The highest BCUT2D eigenvalue weighted by atomic mass is 79.9. The molecule has 0 unspecified atom stereocenters. The largest absolute Gasteiger partial charge is 0.322 e. The number of hydrogen-bond donors (Lipinski definition) is 1. The van der Waals surface area contributed by atoms with Crippen molar-refractivity contribution in [2.24, 2.45) is 0 Å². The minimum atomic E-state index is -0.233. The van der Waals surface area contributed by atoms with Crippen LogP contribution >= 0.6 is 15.9 Å². The molecule has 0 radical (unpaired) electrons. The molecule has 0 atom stereocenters. The van der Waals surface area contributed by atoms with E-state index in [0.717, 1.165) is 15.6 Å². The van der Waals surface area contributed by atoms with Gasteiger partial charge in [0.15, 0.2) is 5.78 Å². The lowest BCUT2D eigenvalue weighted by Gasteiger charge is -2.07. The van der Waals surface area contributed by atoms with Crippen LogP contribution in [0.3, 0.4) is 0 Å². The van der Waals surface area contributed by atoms with Gasteiger partial charge < -0.3 is 5.32 Å². The van der Waals surface area contributed by atoms with Gasteiger partial charge in [0, 0.05) is 26.9 Å². The summed E-state index contributed by atoms with van der Waals surface area (Å²) in [7, 11) is 0. The van der Waals surface area contributed by atoms with Gasteiger partial charge in [-0.15, -0.1) is 0 Å². The topological polar surface area (TPSA) is 46.2 Å². The molecule has 0 aliphatic heterocycles. The SMILES string of the molecule is O=C(Nc1ccc(Br)cc1)c1ccc2c(c1)C(=O)c1ccccc1-2. The van der Waals surface area contributed by atoms with Crippen molar-refractivity contribution in [1.29, 1.82) is 0 Å². The third kappa shape index (κ3) is 2.45. The van der Waals surface area contributed by atoms with Crippen LogP contribution in [0.4, 0.5) is 5.69 Å². The van der Waals surface area contributed by atoms with Crippen LogP contribution in [0, 0.1) is 0 Å². The molecule has 0 spiro atoms. The summed E-state index contributed by atoms with van der Waals surface area (Å²) in [4.78, 5) is 25.0. The number of nitrogens with one attached hydrogen (secondary N) is 1. The summed E-state index contributed by atoms with van der Waals surface area (Å²) in [5.74, 6) is -0.261. The zero-order valence-electron chi connectivity index (χ0n) is 12.5. The van der Waals surface area contributed by atoms with Crippen molar-refractivity contribution in [3.8, 4) is 11.1 Å². The highest BCUT2D eigenvalue weighted by Crippen LogP contribution is 2.36. The molecule has 3 aromatic carbocycles. The lowest BCUT2D eigenvalue weighted by Crippen LogP contribution is -2.12. The van der Waals surface area contributed by atoms with Gasteiger partial charge in [-0.05, 0) is 47.5 Å². The Hall–Kier alpha value is -2.72. The first kappa shape index (κ1) is 14.8. The van der Waals surface area contributed by atoms with Crippen LogP contribution in [-0.2, 0) is 0 Å². The van der Waals surface area contributed by atoms with Crippen LogP contribution < -0.4 is 5.32 Å². The van der Waals surface area contributed by atoms with E-state index in [-0.39, 0.29) is 11.7 Å². The van der Waals surface area contributed by atoms with Crippen molar-refractivity contribution < 1.29 is 9.59 Å². The van der Waals surface area contributed by atoms with E-state index in [0.29, 0.717) is 22.4 Å². The van der Waals surface area contributed by atoms with Gasteiger partial charge in [0.25, 0.3) is 5.91 Å². The van der Waals surface area contributed by atoms with Gasteiger partial charge in [0.2, 0.25) is 0 Å². The number of benzene rings is 3. The minimum absolute atomic E-state index is 0.0288. The second-order valence-electron chi connectivity index (χ2n) is 5.60. The molecule has 0 aromatic heterocycles. The molecule has 1 N–H and O–H groups in total. The molecule has 3 aromatic rings. The second-order valence-corrected chi connectivity index (χ2v) is 6.51. The molecule has 0 bridgehead atoms. The molecular weight excluding hydrogens is 366 g/mol. The average molecular weight is 378 g/mol. The number of fused-ring (bicyclic) bond motifs is 3. The lowest BCUT2D eigenvalue weighted by atomic mass is 10.0. The number of carbonyl (C=O) groups is 2. The van der Waals surface area contributed by atoms with E-state index < -0.39 is 0 Å². The number of halogens is 1. The summed E-state index contributed by atoms with van der Waals surface area (Å²) < 4.78 is 0.946. The highest BCUT2D eigenvalue weighted by Gasteiger charge is 2.26. The maximum absolute atomic E-state index is 12.5. The predicted molar refractivity (Wildman–Crippen MR) is 97.4 cm³/mol. The fraction of sp³-hybridized carbons (Fsp3) is 0. The van der Waals surface area contributed by atoms with Crippen LogP contribution in [0.1, 0.15) is 26.3 Å². The second kappa shape index (κ2) is 5.73. The van der Waals surface area contributed by atoms with Crippen molar-refractivity contribution in [3.05, 3.63) is 87.9 Å². The summed E-state index contributed by atoms with van der Waals surface area (Å²) in [6.07, 6.45) is 0. The fourth-order valence-electron chi connectivity index (χ4n) is 2.91. The van der Waals surface area contributed by atoms with Gasteiger partial charge in [-0.3, -0.25) is 9.59 Å². The number of amides is 1. The molecule has 0 saturated heterocycles. The van der Waals surface area contributed by atoms with E-state index in [4.69, 9.17) is 0 Å². The number of rotatable bonds is 2. The summed E-state index contributed by atoms with van der Waals surface area (Å²) in [5, 5.41) is 2.84. The summed E-state index contributed by atoms with van der Waals surface area (Å²) in [6.45, 7) is 0. The Balaban J connectivity index is 1.66. The Morgan fingerprint density at radius 1 is 0.792 bits per heavy atom. The lowest BCUT2D eigenvalue weighted by molar-refractivity contribution is 0.102. The van der Waals surface area contributed by atoms with Gasteiger partial charge in [0.1, 0.15) is 0 Å². The van der Waals surface area contributed by atoms with Crippen LogP contribution in [0.2, 0.25) is 0 Å². The quantitative estimate of drug-likeness (QED) is 0.539. The summed E-state index contributed by atoms with van der Waals surface area (Å²) >= 11 is 3.36. The predicted octanol–water partition coefficient (Wildman–Crippen LogP) is 4.91. The maximum Gasteiger partial charge on any atom is 0.255 e. The molecule has 4 rings (SSSR count). The maximum atomic E-state index is 12.5. The Bertz CT molecular complexity index is 977. The van der Waals surface area contributed by atoms with E-state index >= 15 is 0 Å². The van der Waals surface area contributed by atoms with Crippen LogP contribution in [0.25, 0.3) is 11.1 Å². The Labute approximate surface area is 147 Å². The number of hydrogen-bond acceptors (Lipinski definition) is 2. The molecule has 0 saturated carbocycles. The monoisotopic (exact) mass is 377 g/mol. The van der Waals surface area contributed by atoms with Gasteiger partial charge in [-0.2, -0.15) is 0 Å². The van der Waals surface area contributed by atoms with Crippen molar-refractivity contribution in [2.75, 3.05) is 5.32 Å². The molecule has 116 valence electrons. The van der Waals surface area contributed by atoms with E-state index in [1.54, 1.807) is 12.1 Å². The average Bonchev–Trinajstić information content (AvgIpc) is 2.90. The van der Waals surface area contributed by atoms with Crippen molar-refractivity contribution >= 4 is 33.3 Å². The third-order valence-electron chi connectivity index (χ3n) is 4.09. The highest BCUT2D eigenvalue weighted by molar-refractivity contribution is 9.10. The third-order valence-corrected chi connectivity index (χ3v) is 4.62. The number of carbonyl (C=O) groups excluding carboxylic acids is 2. The van der Waals surface area contributed by atoms with Gasteiger partial charge in [-0.1, -0.05) is 46.3 Å². The van der Waals surface area contributed by atoms with Crippen LogP contribution in [0.5, 0.6) is 0 Å². The molecular formula is C20H12BrNO2. The van der Waals surface area contributed by atoms with Gasteiger partial charge in [0.05, 0.1) is 0 Å². The fourth-order valence-corrected chi connectivity index (χ4v) is 3.17. The van der Waals surface area contributed by atoms with E-state index in [1.165, 1.54) is 0 Å². The molecule has 1 amide bonds. The van der Waals surface area contributed by atoms with Crippen LogP contribution in [0.15, 0.2) is 71.2 Å². The summed E-state index contributed by atoms with van der Waals surface area (Å²) in [6, 6.07) is 20.1. The minimum Gasteiger partial charge on any atom is -0.322 e. The van der Waals surface area contributed by atoms with Crippen molar-refractivity contribution in [2.45, 2.75) is 0 Å². The summed E-state index contributed by atoms with van der Waals surface area (Å²) in [5.41, 5.74) is 4.27. The molecule has 0 heterocycles. The first-order chi connectivity index (χ1) is 11.6. The molecule has 0 fully saturated rings. The Morgan fingerprint density at radius 2 is 1.46 bits per heavy atom. The Kier molecular flexibility index (Phi) is 3.54. The molecule has 1 aliphatic carbocycles. The molecule has 4 heteroatoms. The van der Waals surface area contributed by atoms with E-state index in [1.807, 2.05) is 54.6 Å². The standard InChI is InChI=1S/C20H12BrNO2/c21-13-6-8-14(9-7-13)22-20(24)12-5-10-16-15-3-1-2-4-17(15)19(23)18(16)11-12/h1-11H,(H,22,24). The van der Waals surface area contributed by atoms with Crippen molar-refractivity contribution in [1.82, 2.24) is 0 Å². The molecule has 24 heavy (non-hydrogen) atoms. The number of anilines is 1. The molecule has 3 nitrogen and oxygen atoms in total. The first-order valence-corrected chi connectivity index (χ1v) is 8.28. The zero-order chi connectivity index (χ0) is 16.7. The Morgan fingerprint density at radius 3 is 2.21 bits per heavy atom. The number of ketones is 1.